The molecular weight excluding hydrogens is 721 g/mol. The summed E-state index contributed by atoms with van der Waals surface area (Å²) in [5.74, 6) is -0.628. The van der Waals surface area contributed by atoms with Gasteiger partial charge in [0.25, 0.3) is 5.91 Å². The number of aryl methyl sites for hydroxylation is 2. The topological polar surface area (TPSA) is 119 Å². The number of nitrogen functional groups attached to an aromatic ring is 1. The first-order valence-corrected chi connectivity index (χ1v) is 16.6. The maximum atomic E-state index is 12.4. The fraction of sp³-hybridized carbons (Fsp3) is 0.163. The van der Waals surface area contributed by atoms with Gasteiger partial charge in [0.05, 0.1) is 16.8 Å². The van der Waals surface area contributed by atoms with E-state index in [1.54, 1.807) is 30.3 Å². The van der Waals surface area contributed by atoms with Gasteiger partial charge in [-0.15, -0.1) is 5.11 Å². The Morgan fingerprint density at radius 1 is 0.769 bits per heavy atom. The van der Waals surface area contributed by atoms with Gasteiger partial charge in [-0.25, -0.2) is 0 Å². The molecule has 1 radical (unpaired) electrons. The van der Waals surface area contributed by atoms with Crippen LogP contribution in [0.4, 0.5) is 22.7 Å². The van der Waals surface area contributed by atoms with Crippen LogP contribution in [0.1, 0.15) is 35.3 Å². The number of H-pyrrole nitrogens is 1. The number of anilines is 2. The van der Waals surface area contributed by atoms with Gasteiger partial charge in [-0.2, -0.15) is 5.11 Å². The number of phenolic OH excluding ortho intramolecular Hbond substituents is 1. The SMILES string of the molecule is CC.CNC(=O)c1cc2ccc3c4ccccc4[nH]c3c2c(N=Nc2ccc(N)cc2)c1O.Cc1ccc(N(C)C)cc1.Cc1ccccc1.[CH3-].[Y]. The van der Waals surface area contributed by atoms with Crippen molar-refractivity contribution < 1.29 is 42.6 Å². The Kier molecular flexibility index (Phi) is 17.2. The Labute approximate surface area is 333 Å². The van der Waals surface area contributed by atoms with E-state index in [0.717, 1.165) is 27.2 Å². The van der Waals surface area contributed by atoms with Crippen molar-refractivity contribution in [2.75, 3.05) is 31.8 Å². The summed E-state index contributed by atoms with van der Waals surface area (Å²) in [6.07, 6.45) is 0. The zero-order valence-electron chi connectivity index (χ0n) is 31.4. The van der Waals surface area contributed by atoms with Gasteiger partial charge in [0, 0.05) is 86.9 Å². The molecule has 267 valence electrons. The van der Waals surface area contributed by atoms with E-state index in [-0.39, 0.29) is 57.1 Å². The summed E-state index contributed by atoms with van der Waals surface area (Å²) < 4.78 is 0. The van der Waals surface area contributed by atoms with Crippen LogP contribution in [-0.2, 0) is 32.7 Å². The van der Waals surface area contributed by atoms with Crippen LogP contribution in [0.25, 0.3) is 32.6 Å². The smallest absolute Gasteiger partial charge is 0.254 e. The Morgan fingerprint density at radius 3 is 1.94 bits per heavy atom. The van der Waals surface area contributed by atoms with Crippen LogP contribution in [0.5, 0.6) is 5.75 Å². The second-order valence-corrected chi connectivity index (χ2v) is 11.6. The molecule has 0 spiro atoms. The van der Waals surface area contributed by atoms with Crippen molar-refractivity contribution in [3.05, 3.63) is 145 Å². The summed E-state index contributed by atoms with van der Waals surface area (Å²) >= 11 is 0. The number of aromatic nitrogens is 1. The van der Waals surface area contributed by atoms with E-state index in [1.165, 1.54) is 23.9 Å². The molecule has 5 N–H and O–H groups in total. The molecule has 0 saturated carbocycles. The number of aromatic hydroxyl groups is 1. The normalized spacial score (nSPS) is 10.1. The summed E-state index contributed by atoms with van der Waals surface area (Å²) in [6.45, 7) is 8.18. The molecule has 7 aromatic rings. The van der Waals surface area contributed by atoms with E-state index in [9.17, 15) is 9.90 Å². The molecule has 1 heterocycles. The minimum atomic E-state index is -0.403. The molecule has 6 aromatic carbocycles. The first kappa shape index (κ1) is 43.1. The molecule has 0 bridgehead atoms. The predicted molar refractivity (Wildman–Crippen MR) is 218 cm³/mol. The van der Waals surface area contributed by atoms with Crippen molar-refractivity contribution >= 4 is 61.2 Å². The fourth-order valence-electron chi connectivity index (χ4n) is 5.21. The summed E-state index contributed by atoms with van der Waals surface area (Å²) in [4.78, 5) is 17.9. The van der Waals surface area contributed by atoms with Crippen molar-refractivity contribution in [2.45, 2.75) is 27.7 Å². The number of carbonyl (C=O) groups excluding carboxylic acids is 1. The number of phenols is 1. The second-order valence-electron chi connectivity index (χ2n) is 11.6. The first-order chi connectivity index (χ1) is 24.2. The third-order valence-corrected chi connectivity index (χ3v) is 7.85. The molecule has 0 atom stereocenters. The van der Waals surface area contributed by atoms with Crippen LogP contribution in [0.3, 0.4) is 0 Å². The van der Waals surface area contributed by atoms with Crippen LogP contribution in [0.2, 0.25) is 0 Å². The number of para-hydroxylation sites is 1. The number of benzene rings is 6. The molecule has 8 nitrogen and oxygen atoms in total. The van der Waals surface area contributed by atoms with E-state index in [2.05, 4.69) is 75.7 Å². The minimum Gasteiger partial charge on any atom is -0.505 e. The molecule has 0 unspecified atom stereocenters. The molecule has 1 amide bonds. The van der Waals surface area contributed by atoms with Crippen LogP contribution in [-0.4, -0.2) is 37.1 Å². The van der Waals surface area contributed by atoms with Gasteiger partial charge < -0.3 is 33.5 Å². The van der Waals surface area contributed by atoms with Gasteiger partial charge in [0.1, 0.15) is 5.69 Å². The Bertz CT molecular complexity index is 2190. The minimum absolute atomic E-state index is 0. The molecule has 0 aliphatic heterocycles. The molecular formula is C43H49N6O2Y-. The number of nitrogens with zero attached hydrogens (tertiary/aromatic N) is 3. The van der Waals surface area contributed by atoms with Crippen LogP contribution in [0.15, 0.2) is 132 Å². The Hall–Kier alpha value is -5.05. The standard InChI is InChI=1S/C24H19N5O2.C9H13N.C7H8.C2H6.CH3.Y/c1-26-24(31)18-12-13-6-11-17-16-4-2-3-5-19(16)27-21(17)20(13)22(23(18)30)29-28-15-9-7-14(25)8-10-15;1-8-4-6-9(7-5-8)10(2)3;1-7-5-3-2-4-6-7;1-2;;/h2-12,27,30H,25H2,1H3,(H,26,31);4-7H,1-3H3;2-6H,1H3;1-2H3;1H3;/q;;;;-1;. The quantitative estimate of drug-likeness (QED) is 0.0809. The maximum absolute atomic E-state index is 12.4. The maximum Gasteiger partial charge on any atom is 0.254 e. The van der Waals surface area contributed by atoms with E-state index >= 15 is 0 Å². The van der Waals surface area contributed by atoms with E-state index in [4.69, 9.17) is 5.73 Å². The van der Waals surface area contributed by atoms with Crippen molar-refractivity contribution in [3.8, 4) is 5.75 Å². The number of azo groups is 1. The van der Waals surface area contributed by atoms with Crippen molar-refractivity contribution in [2.24, 2.45) is 10.2 Å². The molecule has 0 aliphatic rings. The number of nitrogens with one attached hydrogen (secondary N) is 2. The first-order valence-electron chi connectivity index (χ1n) is 16.6. The zero-order chi connectivity index (χ0) is 36.2. The van der Waals surface area contributed by atoms with Gasteiger partial charge in [0.15, 0.2) is 5.75 Å². The number of hydrogen-bond acceptors (Lipinski definition) is 6. The van der Waals surface area contributed by atoms with Crippen LogP contribution >= 0.6 is 0 Å². The van der Waals surface area contributed by atoms with Crippen LogP contribution in [0, 0.1) is 21.3 Å². The average molecular weight is 771 g/mol. The van der Waals surface area contributed by atoms with Gasteiger partial charge in [-0.3, -0.25) is 4.79 Å². The summed E-state index contributed by atoms with van der Waals surface area (Å²) in [5.41, 5.74) is 13.0. The van der Waals surface area contributed by atoms with E-state index in [0.29, 0.717) is 16.8 Å². The van der Waals surface area contributed by atoms with Gasteiger partial charge in [0.2, 0.25) is 0 Å². The third kappa shape index (κ3) is 10.7. The fourth-order valence-corrected chi connectivity index (χ4v) is 5.21. The predicted octanol–water partition coefficient (Wildman–Crippen LogP) is 11.1. The Morgan fingerprint density at radius 2 is 1.37 bits per heavy atom. The second kappa shape index (κ2) is 20.7. The molecule has 9 heteroatoms. The number of amides is 1. The molecule has 7 rings (SSSR count). The molecule has 52 heavy (non-hydrogen) atoms. The van der Waals surface area contributed by atoms with Crippen molar-refractivity contribution in [1.29, 1.82) is 0 Å². The van der Waals surface area contributed by atoms with E-state index in [1.807, 2.05) is 82.5 Å². The van der Waals surface area contributed by atoms with Crippen molar-refractivity contribution in [1.82, 2.24) is 10.3 Å². The zero-order valence-corrected chi connectivity index (χ0v) is 34.2. The van der Waals surface area contributed by atoms with Gasteiger partial charge >= 0.3 is 0 Å². The Balaban J connectivity index is 0.000000368. The number of fused-ring (bicyclic) bond motifs is 5. The number of nitrogens with two attached hydrogens (primary N) is 1. The summed E-state index contributed by atoms with van der Waals surface area (Å²) in [5, 5.41) is 25.7. The number of hydrogen-bond donors (Lipinski definition) is 4. The monoisotopic (exact) mass is 770 g/mol. The van der Waals surface area contributed by atoms with Crippen molar-refractivity contribution in [3.63, 3.8) is 0 Å². The van der Waals surface area contributed by atoms with E-state index < -0.39 is 5.91 Å². The number of aromatic amines is 1. The van der Waals surface area contributed by atoms with Gasteiger partial charge in [-0.05, 0) is 67.8 Å². The summed E-state index contributed by atoms with van der Waals surface area (Å²) in [7, 11) is 5.61. The summed E-state index contributed by atoms with van der Waals surface area (Å²) in [6, 6.07) is 39.2. The number of carbonyl (C=O) groups is 1. The molecule has 1 aromatic heterocycles. The molecule has 0 saturated heterocycles. The largest absolute Gasteiger partial charge is 0.505 e. The van der Waals surface area contributed by atoms with Gasteiger partial charge in [-0.1, -0.05) is 97.8 Å². The third-order valence-electron chi connectivity index (χ3n) is 7.85. The average Bonchev–Trinajstić information content (AvgIpc) is 3.52. The molecule has 0 fully saturated rings. The molecule has 0 aliphatic carbocycles. The number of rotatable bonds is 4. The van der Waals surface area contributed by atoms with Crippen LogP contribution < -0.4 is 16.0 Å².